The van der Waals surface area contributed by atoms with Crippen LogP contribution in [0.5, 0.6) is 0 Å². The van der Waals surface area contributed by atoms with Crippen LogP contribution in [0.2, 0.25) is 0 Å². The number of alkyl halides is 3. The van der Waals surface area contributed by atoms with Crippen LogP contribution in [0.3, 0.4) is 0 Å². The highest BCUT2D eigenvalue weighted by molar-refractivity contribution is 4.85. The molecule has 0 aromatic carbocycles. The maximum atomic E-state index is 11.9. The van der Waals surface area contributed by atoms with E-state index in [1.54, 1.807) is 0 Å². The lowest BCUT2D eigenvalue weighted by Crippen LogP contribution is -2.44. The summed E-state index contributed by atoms with van der Waals surface area (Å²) in [7, 11) is 0. The van der Waals surface area contributed by atoms with E-state index in [0.717, 1.165) is 6.92 Å². The number of halogens is 3. The highest BCUT2D eigenvalue weighted by Crippen LogP contribution is 2.36. The fourth-order valence-electron chi connectivity index (χ4n) is 0.613. The van der Waals surface area contributed by atoms with Crippen LogP contribution in [0.25, 0.3) is 0 Å². The van der Waals surface area contributed by atoms with Crippen molar-refractivity contribution in [2.24, 2.45) is 0 Å². The quantitative estimate of drug-likeness (QED) is 0.526. The molecule has 2 nitrogen and oxygen atoms in total. The van der Waals surface area contributed by atoms with Crippen LogP contribution < -0.4 is 0 Å². The van der Waals surface area contributed by atoms with Gasteiger partial charge < -0.3 is 9.47 Å². The van der Waals surface area contributed by atoms with Crippen LogP contribution in [0.1, 0.15) is 6.92 Å². The molecule has 1 aliphatic heterocycles. The third-order valence-corrected chi connectivity index (χ3v) is 1.44. The van der Waals surface area contributed by atoms with E-state index in [9.17, 15) is 13.2 Å². The summed E-state index contributed by atoms with van der Waals surface area (Å²) in [6, 6.07) is 0. The van der Waals surface area contributed by atoms with Crippen LogP contribution in [-0.2, 0) is 9.47 Å². The van der Waals surface area contributed by atoms with E-state index >= 15 is 0 Å². The molecule has 0 spiro atoms. The third kappa shape index (κ3) is 1.11. The first-order chi connectivity index (χ1) is 4.46. The van der Waals surface area contributed by atoms with Gasteiger partial charge in [0, 0.05) is 0 Å². The summed E-state index contributed by atoms with van der Waals surface area (Å²) in [4.78, 5) is 0. The summed E-state index contributed by atoms with van der Waals surface area (Å²) in [6.45, 7) is 0.298. The number of hydrogen-bond acceptors (Lipinski definition) is 2. The molecule has 1 rings (SSSR count). The fraction of sp³-hybridized carbons (Fsp3) is 1.00. The van der Waals surface area contributed by atoms with Crippen molar-refractivity contribution in [2.45, 2.75) is 18.7 Å². The molecule has 0 bridgehead atoms. The van der Waals surface area contributed by atoms with Crippen molar-refractivity contribution in [1.82, 2.24) is 0 Å². The maximum absolute atomic E-state index is 11.9. The molecule has 1 fully saturated rings. The average molecular weight is 156 g/mol. The van der Waals surface area contributed by atoms with Gasteiger partial charge in [0.15, 0.2) is 5.60 Å². The predicted molar refractivity (Wildman–Crippen MR) is 26.4 cm³/mol. The largest absolute Gasteiger partial charge is 0.419 e. The first-order valence-electron chi connectivity index (χ1n) is 2.74. The van der Waals surface area contributed by atoms with Gasteiger partial charge in [-0.3, -0.25) is 0 Å². The molecular weight excluding hydrogens is 149 g/mol. The molecule has 5 heteroatoms. The van der Waals surface area contributed by atoms with Crippen molar-refractivity contribution in [2.75, 3.05) is 13.4 Å². The molecule has 0 saturated carbocycles. The lowest BCUT2D eigenvalue weighted by molar-refractivity contribution is -0.250. The summed E-state index contributed by atoms with van der Waals surface area (Å²) in [5, 5.41) is 0. The molecule has 0 amide bonds. The van der Waals surface area contributed by atoms with Gasteiger partial charge >= 0.3 is 6.18 Å². The van der Waals surface area contributed by atoms with Crippen LogP contribution in [0.4, 0.5) is 13.2 Å². The Hall–Kier alpha value is -0.290. The minimum absolute atomic E-state index is 0.268. The molecule has 1 heterocycles. The highest BCUT2D eigenvalue weighted by atomic mass is 19.4. The SMILES string of the molecule is CC1(C(F)(F)F)COCO1. The Morgan fingerprint density at radius 1 is 1.40 bits per heavy atom. The Bertz CT molecular complexity index is 125. The summed E-state index contributed by atoms with van der Waals surface area (Å²) in [6.07, 6.45) is -4.33. The monoisotopic (exact) mass is 156 g/mol. The number of hydrogen-bond donors (Lipinski definition) is 0. The molecule has 0 aliphatic carbocycles. The zero-order valence-electron chi connectivity index (χ0n) is 5.36. The van der Waals surface area contributed by atoms with Crippen molar-refractivity contribution >= 4 is 0 Å². The molecule has 0 radical (unpaired) electrons. The normalized spacial score (nSPS) is 34.8. The van der Waals surface area contributed by atoms with Crippen LogP contribution >= 0.6 is 0 Å². The Balaban J connectivity index is 2.67. The standard InChI is InChI=1S/C5H7F3O2/c1-4(5(6,7)8)2-9-3-10-4/h2-3H2,1H3. The fourth-order valence-corrected chi connectivity index (χ4v) is 0.613. The van der Waals surface area contributed by atoms with Crippen molar-refractivity contribution in [3.05, 3.63) is 0 Å². The van der Waals surface area contributed by atoms with Crippen molar-refractivity contribution < 1.29 is 22.6 Å². The van der Waals surface area contributed by atoms with Gasteiger partial charge in [-0.05, 0) is 6.92 Å². The summed E-state index contributed by atoms with van der Waals surface area (Å²) in [5.41, 5.74) is -2.09. The molecule has 10 heavy (non-hydrogen) atoms. The van der Waals surface area contributed by atoms with E-state index in [1.165, 1.54) is 0 Å². The second kappa shape index (κ2) is 2.10. The van der Waals surface area contributed by atoms with Gasteiger partial charge in [-0.2, -0.15) is 13.2 Å². The lowest BCUT2D eigenvalue weighted by Gasteiger charge is -2.23. The molecule has 0 aromatic heterocycles. The van der Waals surface area contributed by atoms with Gasteiger partial charge in [-0.1, -0.05) is 0 Å². The Morgan fingerprint density at radius 2 is 2.00 bits per heavy atom. The van der Waals surface area contributed by atoms with Crippen LogP contribution in [-0.4, -0.2) is 25.2 Å². The van der Waals surface area contributed by atoms with E-state index in [-0.39, 0.29) is 6.79 Å². The average Bonchev–Trinajstić information content (AvgIpc) is 2.13. The smallest absolute Gasteiger partial charge is 0.352 e. The summed E-state index contributed by atoms with van der Waals surface area (Å²) < 4.78 is 44.6. The topological polar surface area (TPSA) is 18.5 Å². The first kappa shape index (κ1) is 7.81. The zero-order valence-corrected chi connectivity index (χ0v) is 5.36. The van der Waals surface area contributed by atoms with Gasteiger partial charge in [0.05, 0.1) is 6.61 Å². The minimum Gasteiger partial charge on any atom is -0.352 e. The third-order valence-electron chi connectivity index (χ3n) is 1.44. The van der Waals surface area contributed by atoms with Gasteiger partial charge in [-0.15, -0.1) is 0 Å². The van der Waals surface area contributed by atoms with Crippen molar-refractivity contribution in [3.63, 3.8) is 0 Å². The molecule has 1 unspecified atom stereocenters. The van der Waals surface area contributed by atoms with Crippen molar-refractivity contribution in [3.8, 4) is 0 Å². The Labute approximate surface area is 55.9 Å². The van der Waals surface area contributed by atoms with E-state index in [0.29, 0.717) is 0 Å². The van der Waals surface area contributed by atoms with E-state index < -0.39 is 18.4 Å². The highest BCUT2D eigenvalue weighted by Gasteiger charge is 2.55. The lowest BCUT2D eigenvalue weighted by atomic mass is 10.1. The molecule has 1 saturated heterocycles. The van der Waals surface area contributed by atoms with Crippen LogP contribution in [0, 0.1) is 0 Å². The van der Waals surface area contributed by atoms with E-state index in [2.05, 4.69) is 9.47 Å². The van der Waals surface area contributed by atoms with Crippen molar-refractivity contribution in [1.29, 1.82) is 0 Å². The van der Waals surface area contributed by atoms with Gasteiger partial charge in [0.25, 0.3) is 0 Å². The first-order valence-corrected chi connectivity index (χ1v) is 2.74. The van der Waals surface area contributed by atoms with E-state index in [1.807, 2.05) is 0 Å². The molecule has 0 aromatic rings. The summed E-state index contributed by atoms with van der Waals surface area (Å²) in [5.74, 6) is 0. The molecule has 1 aliphatic rings. The second-order valence-corrected chi connectivity index (χ2v) is 2.34. The predicted octanol–water partition coefficient (Wildman–Crippen LogP) is 1.31. The second-order valence-electron chi connectivity index (χ2n) is 2.34. The molecule has 60 valence electrons. The molecule has 0 N–H and O–H groups in total. The maximum Gasteiger partial charge on any atom is 0.419 e. The number of ether oxygens (including phenoxy) is 2. The van der Waals surface area contributed by atoms with Crippen LogP contribution in [0.15, 0.2) is 0 Å². The Morgan fingerprint density at radius 3 is 2.20 bits per heavy atom. The van der Waals surface area contributed by atoms with Gasteiger partial charge in [0.2, 0.25) is 0 Å². The summed E-state index contributed by atoms with van der Waals surface area (Å²) >= 11 is 0. The van der Waals surface area contributed by atoms with Gasteiger partial charge in [0.1, 0.15) is 6.79 Å². The molecule has 1 atom stereocenters. The van der Waals surface area contributed by atoms with Gasteiger partial charge in [-0.25, -0.2) is 0 Å². The Kier molecular flexibility index (Phi) is 1.64. The van der Waals surface area contributed by atoms with E-state index in [4.69, 9.17) is 0 Å². The zero-order chi connectivity index (χ0) is 7.83. The minimum atomic E-state index is -4.33. The molecular formula is C5H7F3O2. The number of rotatable bonds is 0.